The molecule has 132 valence electrons. The zero-order chi connectivity index (χ0) is 18.0. The third kappa shape index (κ3) is 3.99. The minimum absolute atomic E-state index is 0.155. The Bertz CT molecular complexity index is 808. The second-order valence-electron chi connectivity index (χ2n) is 5.33. The number of ether oxygens (including phenoxy) is 2. The Labute approximate surface area is 146 Å². The lowest BCUT2D eigenvalue weighted by Gasteiger charge is -2.18. The van der Waals surface area contributed by atoms with E-state index in [1.807, 2.05) is 0 Å². The van der Waals surface area contributed by atoms with Gasteiger partial charge < -0.3 is 14.8 Å². The molecule has 0 aliphatic carbocycles. The molecular weight excluding hydrogens is 359 g/mol. The zero-order valence-electron chi connectivity index (χ0n) is 12.8. The maximum absolute atomic E-state index is 12.8. The van der Waals surface area contributed by atoms with Crippen molar-refractivity contribution in [2.24, 2.45) is 0 Å². The van der Waals surface area contributed by atoms with E-state index in [2.05, 4.69) is 5.32 Å². The fourth-order valence-corrected chi connectivity index (χ4v) is 2.58. The fraction of sp³-hybridized carbons (Fsp3) is 0.235. The highest BCUT2D eigenvalue weighted by Crippen LogP contribution is 2.36. The molecule has 0 saturated heterocycles. The molecule has 1 heterocycles. The number of hydrogen-bond donors (Lipinski definition) is 1. The molecule has 1 aliphatic rings. The average molecular weight is 372 g/mol. The first-order valence-electron chi connectivity index (χ1n) is 7.38. The Hall–Kier alpha value is -2.41. The smallest absolute Gasteiger partial charge is 0.417 e. The summed E-state index contributed by atoms with van der Waals surface area (Å²) in [4.78, 5) is 12.2. The summed E-state index contributed by atoms with van der Waals surface area (Å²) in [5.74, 6) is 0.742. The lowest BCUT2D eigenvalue weighted by atomic mass is 10.1. The molecule has 0 saturated carbocycles. The Balaban J connectivity index is 1.70. The summed E-state index contributed by atoms with van der Waals surface area (Å²) in [5, 5.41) is 2.29. The van der Waals surface area contributed by atoms with Crippen molar-refractivity contribution in [3.8, 4) is 11.5 Å². The van der Waals surface area contributed by atoms with Crippen molar-refractivity contribution in [3.05, 3.63) is 52.5 Å². The number of nitrogens with one attached hydrogen (secondary N) is 1. The van der Waals surface area contributed by atoms with Crippen molar-refractivity contribution in [2.45, 2.75) is 6.18 Å². The highest BCUT2D eigenvalue weighted by molar-refractivity contribution is 6.31. The molecule has 0 spiro atoms. The molecule has 0 radical (unpaired) electrons. The molecule has 0 bridgehead atoms. The van der Waals surface area contributed by atoms with Crippen LogP contribution in [0, 0.1) is 0 Å². The normalized spacial score (nSPS) is 13.4. The van der Waals surface area contributed by atoms with Crippen LogP contribution in [-0.2, 0) is 6.18 Å². The quantitative estimate of drug-likeness (QED) is 0.808. The Morgan fingerprint density at radius 3 is 2.52 bits per heavy atom. The molecule has 1 aliphatic heterocycles. The lowest BCUT2D eigenvalue weighted by Crippen LogP contribution is -2.18. The highest BCUT2D eigenvalue weighted by Gasteiger charge is 2.33. The molecule has 1 N–H and O–H groups in total. The molecule has 0 unspecified atom stereocenters. The topological polar surface area (TPSA) is 47.6 Å². The fourth-order valence-electron chi connectivity index (χ4n) is 2.35. The van der Waals surface area contributed by atoms with Gasteiger partial charge >= 0.3 is 6.18 Å². The first kappa shape index (κ1) is 17.4. The standard InChI is InChI=1S/C17H13ClF3NO3/c18-13-3-2-11(8-12(13)17(19,20)21)22-9-14(23)10-1-4-15-16(7-10)25-6-5-24-15/h1-4,7-8,22H,5-6,9H2. The molecule has 0 atom stereocenters. The molecule has 0 aromatic heterocycles. The predicted molar refractivity (Wildman–Crippen MR) is 86.7 cm³/mol. The Morgan fingerprint density at radius 2 is 1.80 bits per heavy atom. The van der Waals surface area contributed by atoms with Crippen LogP contribution in [0.4, 0.5) is 18.9 Å². The molecule has 0 amide bonds. The number of halogens is 4. The van der Waals surface area contributed by atoms with Crippen LogP contribution in [0.15, 0.2) is 36.4 Å². The molecular formula is C17H13ClF3NO3. The second kappa shape index (κ2) is 6.84. The minimum Gasteiger partial charge on any atom is -0.486 e. The van der Waals surface area contributed by atoms with Crippen molar-refractivity contribution in [2.75, 3.05) is 25.1 Å². The lowest BCUT2D eigenvalue weighted by molar-refractivity contribution is -0.137. The Morgan fingerprint density at radius 1 is 1.08 bits per heavy atom. The van der Waals surface area contributed by atoms with Gasteiger partial charge in [0.05, 0.1) is 17.1 Å². The van der Waals surface area contributed by atoms with E-state index in [0.717, 1.165) is 12.1 Å². The van der Waals surface area contributed by atoms with E-state index in [1.54, 1.807) is 18.2 Å². The van der Waals surface area contributed by atoms with E-state index >= 15 is 0 Å². The van der Waals surface area contributed by atoms with E-state index in [-0.39, 0.29) is 18.0 Å². The van der Waals surface area contributed by atoms with Crippen LogP contribution < -0.4 is 14.8 Å². The monoisotopic (exact) mass is 371 g/mol. The van der Waals surface area contributed by atoms with Crippen molar-refractivity contribution >= 4 is 23.1 Å². The van der Waals surface area contributed by atoms with Crippen LogP contribution in [0.5, 0.6) is 11.5 Å². The van der Waals surface area contributed by atoms with E-state index in [9.17, 15) is 18.0 Å². The number of fused-ring (bicyclic) bond motifs is 1. The van der Waals surface area contributed by atoms with Gasteiger partial charge in [0.25, 0.3) is 0 Å². The number of carbonyl (C=O) groups is 1. The molecule has 3 rings (SSSR count). The number of carbonyl (C=O) groups excluding carboxylic acids is 1. The van der Waals surface area contributed by atoms with Crippen LogP contribution in [0.25, 0.3) is 0 Å². The van der Waals surface area contributed by atoms with E-state index < -0.39 is 16.8 Å². The summed E-state index contributed by atoms with van der Waals surface area (Å²) in [7, 11) is 0. The number of ketones is 1. The van der Waals surface area contributed by atoms with Gasteiger partial charge in [0, 0.05) is 11.3 Å². The third-order valence-electron chi connectivity index (χ3n) is 3.59. The van der Waals surface area contributed by atoms with E-state index in [1.165, 1.54) is 6.07 Å². The number of hydrogen-bond acceptors (Lipinski definition) is 4. The minimum atomic E-state index is -4.56. The summed E-state index contributed by atoms with van der Waals surface area (Å²) >= 11 is 5.57. The van der Waals surface area contributed by atoms with Gasteiger partial charge in [0.1, 0.15) is 13.2 Å². The van der Waals surface area contributed by atoms with Gasteiger partial charge in [-0.2, -0.15) is 13.2 Å². The third-order valence-corrected chi connectivity index (χ3v) is 3.92. The number of alkyl halides is 3. The predicted octanol–water partition coefficient (Wildman–Crippen LogP) is 4.42. The summed E-state index contributed by atoms with van der Waals surface area (Å²) in [6.07, 6.45) is -4.56. The molecule has 0 fully saturated rings. The van der Waals surface area contributed by atoms with Crippen LogP contribution in [0.1, 0.15) is 15.9 Å². The van der Waals surface area contributed by atoms with Gasteiger partial charge in [-0.3, -0.25) is 4.79 Å². The van der Waals surface area contributed by atoms with Gasteiger partial charge in [-0.1, -0.05) is 11.6 Å². The highest BCUT2D eigenvalue weighted by atomic mass is 35.5. The molecule has 8 heteroatoms. The Kier molecular flexibility index (Phi) is 4.76. The van der Waals surface area contributed by atoms with Crippen molar-refractivity contribution in [1.82, 2.24) is 0 Å². The van der Waals surface area contributed by atoms with Gasteiger partial charge in [0.2, 0.25) is 0 Å². The van der Waals surface area contributed by atoms with Gasteiger partial charge in [0.15, 0.2) is 17.3 Å². The second-order valence-corrected chi connectivity index (χ2v) is 5.73. The number of anilines is 1. The number of rotatable bonds is 4. The van der Waals surface area contributed by atoms with Crippen molar-refractivity contribution in [1.29, 1.82) is 0 Å². The molecule has 25 heavy (non-hydrogen) atoms. The van der Waals surface area contributed by atoms with E-state index in [0.29, 0.717) is 30.3 Å². The summed E-state index contributed by atoms with van der Waals surface area (Å²) in [6, 6.07) is 8.17. The van der Waals surface area contributed by atoms with E-state index in [4.69, 9.17) is 21.1 Å². The maximum Gasteiger partial charge on any atom is 0.417 e. The average Bonchev–Trinajstić information content (AvgIpc) is 2.59. The zero-order valence-corrected chi connectivity index (χ0v) is 13.6. The number of Topliss-reactive ketones (excluding diaryl/α,β-unsaturated/α-hetero) is 1. The van der Waals surface area contributed by atoms with Crippen LogP contribution in [0.3, 0.4) is 0 Å². The molecule has 2 aromatic carbocycles. The first-order chi connectivity index (χ1) is 11.8. The maximum atomic E-state index is 12.8. The molecule has 2 aromatic rings. The van der Waals surface area contributed by atoms with Crippen LogP contribution in [-0.4, -0.2) is 25.5 Å². The first-order valence-corrected chi connectivity index (χ1v) is 7.76. The SMILES string of the molecule is O=C(CNc1ccc(Cl)c(C(F)(F)F)c1)c1ccc2c(c1)OCCO2. The van der Waals surface area contributed by atoms with Crippen molar-refractivity contribution < 1.29 is 27.4 Å². The molecule has 4 nitrogen and oxygen atoms in total. The largest absolute Gasteiger partial charge is 0.486 e. The van der Waals surface area contributed by atoms with Crippen LogP contribution >= 0.6 is 11.6 Å². The summed E-state index contributed by atoms with van der Waals surface area (Å²) in [6.45, 7) is 0.673. The van der Waals surface area contributed by atoms with Crippen LogP contribution in [0.2, 0.25) is 5.02 Å². The summed E-state index contributed by atoms with van der Waals surface area (Å²) < 4.78 is 49.3. The van der Waals surface area contributed by atoms with Crippen molar-refractivity contribution in [3.63, 3.8) is 0 Å². The van der Waals surface area contributed by atoms with Gasteiger partial charge in [-0.15, -0.1) is 0 Å². The number of benzene rings is 2. The summed E-state index contributed by atoms with van der Waals surface area (Å²) in [5.41, 5.74) is -0.421. The van der Waals surface area contributed by atoms with Gasteiger partial charge in [-0.05, 0) is 36.4 Å². The van der Waals surface area contributed by atoms with Gasteiger partial charge in [-0.25, -0.2) is 0 Å².